The first kappa shape index (κ1) is 12.5. The monoisotopic (exact) mass is 229 g/mol. The first-order valence-corrected chi connectivity index (χ1v) is 5.89. The molecule has 0 unspecified atom stereocenters. The Morgan fingerprint density at radius 2 is 2.00 bits per heavy atom. The molecule has 15 heavy (non-hydrogen) atoms. The van der Waals surface area contributed by atoms with Crippen molar-refractivity contribution in [1.82, 2.24) is 4.57 Å². The summed E-state index contributed by atoms with van der Waals surface area (Å²) in [5.41, 5.74) is 1.13. The van der Waals surface area contributed by atoms with E-state index in [1.165, 1.54) is 16.2 Å². The van der Waals surface area contributed by atoms with Gasteiger partial charge in [0.2, 0.25) is 0 Å². The van der Waals surface area contributed by atoms with Crippen molar-refractivity contribution in [3.8, 4) is 0 Å². The van der Waals surface area contributed by atoms with Gasteiger partial charge in [0.1, 0.15) is 0 Å². The number of ether oxygens (including phenoxy) is 1. The normalized spacial score (nSPS) is 12.1. The molecular weight excluding hydrogens is 210 g/mol. The molecule has 0 atom stereocenters. The van der Waals surface area contributed by atoms with E-state index in [1.807, 2.05) is 6.92 Å². The summed E-state index contributed by atoms with van der Waals surface area (Å²) >= 11 is 1.35. The van der Waals surface area contributed by atoms with Gasteiger partial charge < -0.3 is 9.30 Å². The van der Waals surface area contributed by atoms with Gasteiger partial charge in [-0.15, -0.1) is 0 Å². The summed E-state index contributed by atoms with van der Waals surface area (Å²) in [6.45, 7) is 9.63. The summed E-state index contributed by atoms with van der Waals surface area (Å²) in [5, 5.41) is 0. The van der Waals surface area contributed by atoms with Crippen molar-refractivity contribution in [2.45, 2.75) is 39.7 Å². The predicted molar refractivity (Wildman–Crippen MR) is 63.9 cm³/mol. The second-order valence-corrected chi connectivity index (χ2v) is 5.64. The van der Waals surface area contributed by atoms with E-state index in [0.29, 0.717) is 13.2 Å². The summed E-state index contributed by atoms with van der Waals surface area (Å²) in [6.07, 6.45) is 0. The smallest absolute Gasteiger partial charge is 0.307 e. The van der Waals surface area contributed by atoms with Gasteiger partial charge in [0.15, 0.2) is 0 Å². The number of hydrogen-bond acceptors (Lipinski definition) is 3. The van der Waals surface area contributed by atoms with Crippen molar-refractivity contribution in [3.63, 3.8) is 0 Å². The summed E-state index contributed by atoms with van der Waals surface area (Å²) < 4.78 is 6.80. The molecule has 1 rings (SSSR count). The molecular formula is C11H19NO2S. The van der Waals surface area contributed by atoms with E-state index in [1.54, 1.807) is 11.7 Å². The fourth-order valence-corrected chi connectivity index (χ4v) is 2.69. The Labute approximate surface area is 94.7 Å². The third kappa shape index (κ3) is 2.69. The highest BCUT2D eigenvalue weighted by molar-refractivity contribution is 7.09. The number of nitrogens with zero attached hydrogens (tertiary/aromatic N) is 1. The number of methoxy groups -OCH3 is 1. The number of hydrogen-bond donors (Lipinski definition) is 0. The van der Waals surface area contributed by atoms with Crippen LogP contribution in [0.5, 0.6) is 0 Å². The van der Waals surface area contributed by atoms with Crippen LogP contribution in [-0.4, -0.2) is 18.3 Å². The fourth-order valence-electron chi connectivity index (χ4n) is 1.61. The van der Waals surface area contributed by atoms with E-state index in [4.69, 9.17) is 4.74 Å². The van der Waals surface area contributed by atoms with Crippen LogP contribution < -0.4 is 4.87 Å². The zero-order valence-corrected chi connectivity index (χ0v) is 10.9. The van der Waals surface area contributed by atoms with Crippen molar-refractivity contribution in [1.29, 1.82) is 0 Å². The fraction of sp³-hybridized carbons (Fsp3) is 0.727. The van der Waals surface area contributed by atoms with Crippen LogP contribution in [0.4, 0.5) is 0 Å². The second-order valence-electron chi connectivity index (χ2n) is 4.68. The van der Waals surface area contributed by atoms with Crippen LogP contribution in [0.25, 0.3) is 0 Å². The number of aromatic nitrogens is 1. The van der Waals surface area contributed by atoms with Gasteiger partial charge in [-0.2, -0.15) is 0 Å². The molecule has 0 aliphatic rings. The van der Waals surface area contributed by atoms with Crippen LogP contribution in [0.2, 0.25) is 0 Å². The van der Waals surface area contributed by atoms with Gasteiger partial charge in [0.05, 0.1) is 13.2 Å². The summed E-state index contributed by atoms with van der Waals surface area (Å²) in [5.74, 6) is 0. The van der Waals surface area contributed by atoms with Crippen LogP contribution >= 0.6 is 11.3 Å². The van der Waals surface area contributed by atoms with Crippen molar-refractivity contribution in [3.05, 3.63) is 20.2 Å². The van der Waals surface area contributed by atoms with Gasteiger partial charge in [-0.25, -0.2) is 0 Å². The molecule has 0 aliphatic heterocycles. The lowest BCUT2D eigenvalue weighted by molar-refractivity contribution is 0.186. The molecule has 0 fully saturated rings. The molecule has 0 radical (unpaired) electrons. The van der Waals surface area contributed by atoms with Crippen LogP contribution in [0.15, 0.2) is 4.79 Å². The largest absolute Gasteiger partial charge is 0.383 e. The van der Waals surface area contributed by atoms with E-state index in [9.17, 15) is 4.79 Å². The molecule has 0 aromatic carbocycles. The molecule has 0 saturated heterocycles. The summed E-state index contributed by atoms with van der Waals surface area (Å²) in [6, 6.07) is 0. The maximum atomic E-state index is 11.7. The molecule has 1 heterocycles. The topological polar surface area (TPSA) is 31.2 Å². The average Bonchev–Trinajstić information content (AvgIpc) is 2.39. The lowest BCUT2D eigenvalue weighted by Crippen LogP contribution is -2.18. The number of thiazole rings is 1. The maximum absolute atomic E-state index is 11.7. The van der Waals surface area contributed by atoms with Crippen molar-refractivity contribution in [2.75, 3.05) is 13.7 Å². The van der Waals surface area contributed by atoms with Crippen LogP contribution in [0, 0.1) is 6.92 Å². The van der Waals surface area contributed by atoms with Gasteiger partial charge in [-0.3, -0.25) is 4.79 Å². The zero-order chi connectivity index (χ0) is 11.6. The lowest BCUT2D eigenvalue weighted by Gasteiger charge is -2.17. The Hall–Kier alpha value is -0.610. The molecule has 1 aromatic rings. The minimum absolute atomic E-state index is 0.0478. The van der Waals surface area contributed by atoms with Crippen LogP contribution in [0.3, 0.4) is 0 Å². The third-order valence-electron chi connectivity index (χ3n) is 2.34. The quantitative estimate of drug-likeness (QED) is 0.795. The van der Waals surface area contributed by atoms with Gasteiger partial charge in [-0.05, 0) is 12.3 Å². The van der Waals surface area contributed by atoms with Gasteiger partial charge in [-0.1, -0.05) is 32.1 Å². The zero-order valence-electron chi connectivity index (χ0n) is 10.1. The van der Waals surface area contributed by atoms with E-state index in [-0.39, 0.29) is 10.3 Å². The van der Waals surface area contributed by atoms with Gasteiger partial charge in [0, 0.05) is 17.7 Å². The van der Waals surface area contributed by atoms with E-state index >= 15 is 0 Å². The SMILES string of the molecule is COCCn1c(C)c(C(C)(C)C)sc1=O. The molecule has 0 aliphatic carbocycles. The highest BCUT2D eigenvalue weighted by atomic mass is 32.1. The van der Waals surface area contributed by atoms with E-state index in [0.717, 1.165) is 5.69 Å². The lowest BCUT2D eigenvalue weighted by atomic mass is 9.93. The van der Waals surface area contributed by atoms with Gasteiger partial charge in [0.25, 0.3) is 0 Å². The first-order chi connectivity index (χ1) is 6.88. The van der Waals surface area contributed by atoms with Crippen molar-refractivity contribution in [2.24, 2.45) is 0 Å². The van der Waals surface area contributed by atoms with Crippen LogP contribution in [-0.2, 0) is 16.7 Å². The Bertz CT molecular complexity index is 384. The minimum Gasteiger partial charge on any atom is -0.383 e. The van der Waals surface area contributed by atoms with Crippen LogP contribution in [0.1, 0.15) is 31.3 Å². The minimum atomic E-state index is 0.0478. The van der Waals surface area contributed by atoms with Crippen molar-refractivity contribution >= 4 is 11.3 Å². The third-order valence-corrected chi connectivity index (χ3v) is 3.85. The van der Waals surface area contributed by atoms with E-state index < -0.39 is 0 Å². The first-order valence-electron chi connectivity index (χ1n) is 5.07. The maximum Gasteiger partial charge on any atom is 0.307 e. The molecule has 0 saturated carbocycles. The Morgan fingerprint density at radius 3 is 2.40 bits per heavy atom. The van der Waals surface area contributed by atoms with Crippen molar-refractivity contribution < 1.29 is 4.74 Å². The molecule has 0 amide bonds. The molecule has 4 heteroatoms. The predicted octanol–water partition coefficient (Wildman–Crippen LogP) is 2.16. The molecule has 3 nitrogen and oxygen atoms in total. The molecule has 0 bridgehead atoms. The summed E-state index contributed by atoms with van der Waals surface area (Å²) in [7, 11) is 1.65. The molecule has 0 N–H and O–H groups in total. The summed E-state index contributed by atoms with van der Waals surface area (Å²) in [4.78, 5) is 13.0. The Balaban J connectivity index is 3.10. The van der Waals surface area contributed by atoms with Gasteiger partial charge >= 0.3 is 4.87 Å². The van der Waals surface area contributed by atoms with E-state index in [2.05, 4.69) is 20.8 Å². The number of rotatable bonds is 3. The highest BCUT2D eigenvalue weighted by Gasteiger charge is 2.22. The molecule has 1 aromatic heterocycles. The Kier molecular flexibility index (Phi) is 3.73. The highest BCUT2D eigenvalue weighted by Crippen LogP contribution is 2.27. The average molecular weight is 229 g/mol. The second kappa shape index (κ2) is 4.49. The Morgan fingerprint density at radius 1 is 1.40 bits per heavy atom. The molecule has 86 valence electrons. The molecule has 0 spiro atoms. The standard InChI is InChI=1S/C11H19NO2S/c1-8-9(11(2,3)4)15-10(13)12(8)6-7-14-5/h6-7H2,1-5H3.